The number of piperidine rings is 1. The first-order valence-electron chi connectivity index (χ1n) is 6.05. The van der Waals surface area contributed by atoms with Crippen molar-refractivity contribution in [2.75, 3.05) is 6.54 Å². The zero-order valence-corrected chi connectivity index (χ0v) is 12.4. The largest absolute Gasteiger partial charge is 0.392 e. The molecule has 2 N–H and O–H groups in total. The first kappa shape index (κ1) is 14.1. The number of benzene rings is 1. The Bertz CT molecular complexity index is 451. The average molecular weight is 303 g/mol. The maximum Gasteiger partial charge on any atom is 0.0902 e. The molecule has 0 radical (unpaired) electrons. The van der Waals surface area contributed by atoms with Crippen LogP contribution in [0.4, 0.5) is 0 Å². The summed E-state index contributed by atoms with van der Waals surface area (Å²) in [7, 11) is 0. The molecule has 1 heterocycles. The van der Waals surface area contributed by atoms with Crippen molar-refractivity contribution >= 4 is 40.4 Å². The van der Waals surface area contributed by atoms with Gasteiger partial charge in [0.05, 0.1) is 11.0 Å². The Balaban J connectivity index is 2.13. The van der Waals surface area contributed by atoms with E-state index in [0.717, 1.165) is 25.1 Å². The Hall–Kier alpha value is -0.350. The molecule has 1 unspecified atom stereocenters. The Morgan fingerprint density at radius 1 is 1.39 bits per heavy atom. The highest BCUT2D eigenvalue weighted by Crippen LogP contribution is 2.25. The zero-order valence-electron chi connectivity index (χ0n) is 10.0. The number of halogens is 2. The number of thiocarbonyl (C=S) groups is 1. The van der Waals surface area contributed by atoms with Crippen LogP contribution in [0, 0.1) is 0 Å². The molecule has 0 aliphatic carbocycles. The van der Waals surface area contributed by atoms with E-state index in [1.807, 2.05) is 12.1 Å². The molecule has 0 aromatic heterocycles. The highest BCUT2D eigenvalue weighted by atomic mass is 35.5. The van der Waals surface area contributed by atoms with Crippen LogP contribution in [0.25, 0.3) is 0 Å². The molecule has 0 spiro atoms. The van der Waals surface area contributed by atoms with Gasteiger partial charge in [-0.2, -0.15) is 0 Å². The van der Waals surface area contributed by atoms with E-state index >= 15 is 0 Å². The van der Waals surface area contributed by atoms with Gasteiger partial charge in [-0.25, -0.2) is 0 Å². The molecule has 1 aromatic rings. The predicted molar refractivity (Wildman–Crippen MR) is 81.3 cm³/mol. The molecule has 0 amide bonds. The first-order chi connectivity index (χ1) is 8.58. The number of hydrogen-bond donors (Lipinski definition) is 1. The van der Waals surface area contributed by atoms with Crippen LogP contribution in [0.5, 0.6) is 0 Å². The highest BCUT2D eigenvalue weighted by molar-refractivity contribution is 7.80. The summed E-state index contributed by atoms with van der Waals surface area (Å²) in [5, 5.41) is 1.36. The minimum Gasteiger partial charge on any atom is -0.392 e. The fraction of sp³-hybridized carbons (Fsp3) is 0.462. The molecule has 5 heteroatoms. The summed E-state index contributed by atoms with van der Waals surface area (Å²) in [6.07, 6.45) is 3.41. The van der Waals surface area contributed by atoms with E-state index in [1.165, 1.54) is 12.8 Å². The summed E-state index contributed by atoms with van der Waals surface area (Å²) in [6.45, 7) is 1.79. The van der Waals surface area contributed by atoms with Crippen LogP contribution >= 0.6 is 35.4 Å². The smallest absolute Gasteiger partial charge is 0.0902 e. The molecular weight excluding hydrogens is 287 g/mol. The van der Waals surface area contributed by atoms with Crippen molar-refractivity contribution in [3.05, 3.63) is 33.8 Å². The van der Waals surface area contributed by atoms with Gasteiger partial charge in [0.25, 0.3) is 0 Å². The van der Waals surface area contributed by atoms with Crippen molar-refractivity contribution < 1.29 is 0 Å². The molecule has 1 aliphatic rings. The molecule has 0 bridgehead atoms. The van der Waals surface area contributed by atoms with Gasteiger partial charge < -0.3 is 5.73 Å². The number of hydrogen-bond acceptors (Lipinski definition) is 2. The third-order valence-corrected chi connectivity index (χ3v) is 4.19. The zero-order chi connectivity index (χ0) is 13.1. The summed E-state index contributed by atoms with van der Waals surface area (Å²) >= 11 is 17.2. The molecule has 2 rings (SSSR count). The topological polar surface area (TPSA) is 29.3 Å². The predicted octanol–water partition coefficient (Wildman–Crippen LogP) is 3.63. The summed E-state index contributed by atoms with van der Waals surface area (Å²) in [5.41, 5.74) is 6.88. The lowest BCUT2D eigenvalue weighted by atomic mass is 10.0. The molecule has 0 saturated carbocycles. The normalized spacial score (nSPS) is 20.9. The molecule has 1 atom stereocenters. The Morgan fingerprint density at radius 2 is 2.17 bits per heavy atom. The van der Waals surface area contributed by atoms with Crippen LogP contribution in [0.15, 0.2) is 18.2 Å². The molecule has 98 valence electrons. The van der Waals surface area contributed by atoms with E-state index in [-0.39, 0.29) is 6.04 Å². The molecule has 1 aliphatic heterocycles. The lowest BCUT2D eigenvalue weighted by molar-refractivity contribution is 0.184. The van der Waals surface area contributed by atoms with Gasteiger partial charge in [-0.1, -0.05) is 47.9 Å². The van der Waals surface area contributed by atoms with Crippen molar-refractivity contribution in [1.82, 2.24) is 4.90 Å². The second-order valence-corrected chi connectivity index (χ2v) is 5.94. The quantitative estimate of drug-likeness (QED) is 0.865. The molecule has 1 aromatic carbocycles. The van der Waals surface area contributed by atoms with Gasteiger partial charge in [0, 0.05) is 16.6 Å². The van der Waals surface area contributed by atoms with Gasteiger partial charge >= 0.3 is 0 Å². The number of rotatable bonds is 3. The van der Waals surface area contributed by atoms with Gasteiger partial charge in [-0.05, 0) is 37.1 Å². The second kappa shape index (κ2) is 6.20. The van der Waals surface area contributed by atoms with E-state index in [1.54, 1.807) is 6.07 Å². The minimum atomic E-state index is 0.195. The van der Waals surface area contributed by atoms with Gasteiger partial charge in [0.15, 0.2) is 0 Å². The summed E-state index contributed by atoms with van der Waals surface area (Å²) in [5.74, 6) is 0. The van der Waals surface area contributed by atoms with Crippen LogP contribution in [0.3, 0.4) is 0 Å². The van der Waals surface area contributed by atoms with Crippen molar-refractivity contribution in [2.45, 2.75) is 31.8 Å². The highest BCUT2D eigenvalue weighted by Gasteiger charge is 2.24. The molecule has 1 fully saturated rings. The summed E-state index contributed by atoms with van der Waals surface area (Å²) in [6, 6.07) is 5.80. The van der Waals surface area contributed by atoms with Crippen LogP contribution in [-0.4, -0.2) is 22.5 Å². The fourth-order valence-electron chi connectivity index (χ4n) is 2.37. The fourth-order valence-corrected chi connectivity index (χ4v) is 3.11. The average Bonchev–Trinajstić information content (AvgIpc) is 2.33. The number of nitrogens with zero attached hydrogens (tertiary/aromatic N) is 1. The van der Waals surface area contributed by atoms with Crippen LogP contribution in [0.2, 0.25) is 10.0 Å². The Kier molecular flexibility index (Phi) is 4.84. The van der Waals surface area contributed by atoms with Crippen LogP contribution in [-0.2, 0) is 6.54 Å². The van der Waals surface area contributed by atoms with E-state index in [9.17, 15) is 0 Å². The van der Waals surface area contributed by atoms with Crippen molar-refractivity contribution in [2.24, 2.45) is 5.73 Å². The molecular formula is C13H16Cl2N2S. The van der Waals surface area contributed by atoms with Gasteiger partial charge in [0.2, 0.25) is 0 Å². The monoisotopic (exact) mass is 302 g/mol. The second-order valence-electron chi connectivity index (χ2n) is 4.62. The third-order valence-electron chi connectivity index (χ3n) is 3.33. The van der Waals surface area contributed by atoms with Crippen molar-refractivity contribution in [3.8, 4) is 0 Å². The van der Waals surface area contributed by atoms with Crippen molar-refractivity contribution in [1.29, 1.82) is 0 Å². The number of nitrogens with two attached hydrogens (primary N) is 1. The summed E-state index contributed by atoms with van der Waals surface area (Å²) < 4.78 is 0. The minimum absolute atomic E-state index is 0.195. The van der Waals surface area contributed by atoms with E-state index < -0.39 is 0 Å². The number of likely N-dealkylation sites (tertiary alicyclic amines) is 1. The lowest BCUT2D eigenvalue weighted by Gasteiger charge is -2.35. The third kappa shape index (κ3) is 3.35. The lowest BCUT2D eigenvalue weighted by Crippen LogP contribution is -2.46. The SMILES string of the molecule is NC(=S)C1CCCCN1Cc1ccc(Cl)cc1Cl. The van der Waals surface area contributed by atoms with E-state index in [2.05, 4.69) is 4.90 Å². The summed E-state index contributed by atoms with van der Waals surface area (Å²) in [4.78, 5) is 2.89. The standard InChI is InChI=1S/C13H16Cl2N2S/c14-10-5-4-9(11(15)7-10)8-17-6-2-1-3-12(17)13(16)18/h4-5,7,12H,1-3,6,8H2,(H2,16,18). The first-order valence-corrected chi connectivity index (χ1v) is 7.21. The molecule has 1 saturated heterocycles. The molecule has 2 nitrogen and oxygen atoms in total. The van der Waals surface area contributed by atoms with E-state index in [4.69, 9.17) is 41.2 Å². The van der Waals surface area contributed by atoms with Gasteiger partial charge in [-0.15, -0.1) is 0 Å². The maximum absolute atomic E-state index is 6.20. The van der Waals surface area contributed by atoms with E-state index in [0.29, 0.717) is 15.0 Å². The van der Waals surface area contributed by atoms with Crippen molar-refractivity contribution in [3.63, 3.8) is 0 Å². The van der Waals surface area contributed by atoms with Gasteiger partial charge in [-0.3, -0.25) is 4.90 Å². The van der Waals surface area contributed by atoms with Crippen LogP contribution in [0.1, 0.15) is 24.8 Å². The van der Waals surface area contributed by atoms with Gasteiger partial charge in [0.1, 0.15) is 0 Å². The van der Waals surface area contributed by atoms with Crippen LogP contribution < -0.4 is 5.73 Å². The Labute approximate surface area is 123 Å². The Morgan fingerprint density at radius 3 is 2.83 bits per heavy atom. The molecule has 18 heavy (non-hydrogen) atoms. The maximum atomic E-state index is 6.20.